The fourth-order valence-corrected chi connectivity index (χ4v) is 5.27. The number of carbonyl (C=O) groups is 1. The molecule has 2 N–H and O–H groups in total. The number of benzene rings is 1. The van der Waals surface area contributed by atoms with E-state index in [4.69, 9.17) is 4.74 Å². The Labute approximate surface area is 206 Å². The van der Waals surface area contributed by atoms with Crippen molar-refractivity contribution in [1.82, 2.24) is 24.6 Å². The quantitative estimate of drug-likeness (QED) is 0.425. The maximum absolute atomic E-state index is 12.2. The van der Waals surface area contributed by atoms with E-state index in [0.29, 0.717) is 23.2 Å². The van der Waals surface area contributed by atoms with Gasteiger partial charge in [0, 0.05) is 43.0 Å². The highest BCUT2D eigenvalue weighted by Crippen LogP contribution is 2.39. The van der Waals surface area contributed by atoms with Crippen LogP contribution in [0.1, 0.15) is 55.3 Å². The summed E-state index contributed by atoms with van der Waals surface area (Å²) in [5.74, 6) is 1.68. The summed E-state index contributed by atoms with van der Waals surface area (Å²) in [4.78, 5) is 22.2. The molecule has 5 rings (SSSR count). The number of H-pyrrole nitrogens is 1. The van der Waals surface area contributed by atoms with Gasteiger partial charge < -0.3 is 24.3 Å². The van der Waals surface area contributed by atoms with Crippen LogP contribution in [0.15, 0.2) is 36.7 Å². The molecule has 7 nitrogen and oxygen atoms in total. The van der Waals surface area contributed by atoms with Crippen LogP contribution in [0.2, 0.25) is 0 Å². The molecular formula is C28H35N5O2. The van der Waals surface area contributed by atoms with E-state index in [-0.39, 0.29) is 12.3 Å². The Balaban J connectivity index is 1.61. The van der Waals surface area contributed by atoms with E-state index in [1.807, 2.05) is 16.7 Å². The molecule has 0 spiro atoms. The third kappa shape index (κ3) is 4.41. The van der Waals surface area contributed by atoms with Crippen molar-refractivity contribution < 1.29 is 9.53 Å². The smallest absolute Gasteiger partial charge is 0.228 e. The van der Waals surface area contributed by atoms with Crippen molar-refractivity contribution >= 4 is 22.5 Å². The number of rotatable bonds is 6. The van der Waals surface area contributed by atoms with Gasteiger partial charge in [-0.05, 0) is 67.1 Å². The number of aromatic nitrogens is 3. The van der Waals surface area contributed by atoms with Crippen LogP contribution in [-0.2, 0) is 11.2 Å². The number of fused-ring (bicyclic) bond motifs is 2. The Morgan fingerprint density at radius 3 is 2.66 bits per heavy atom. The number of carbonyl (C=O) groups excluding carboxylic acids is 1. The summed E-state index contributed by atoms with van der Waals surface area (Å²) in [5, 5.41) is 4.77. The van der Waals surface area contributed by atoms with Crippen molar-refractivity contribution in [2.45, 2.75) is 44.9 Å². The zero-order valence-electron chi connectivity index (χ0n) is 21.3. The second kappa shape index (κ2) is 9.38. The zero-order chi connectivity index (χ0) is 24.7. The SMILES string of the molecule is COc1cc(-c2[nH]c3ccc(C4CCNCC4)cc3c2C(C)C)cn2cc(CC(=O)N(C)C)nc12. The molecule has 0 atom stereocenters. The number of likely N-dealkylation sites (N-methyl/N-ethyl adjacent to an activating group) is 1. The third-order valence-corrected chi connectivity index (χ3v) is 7.16. The Kier molecular flexibility index (Phi) is 6.28. The van der Waals surface area contributed by atoms with Crippen molar-refractivity contribution in [2.75, 3.05) is 34.3 Å². The fourth-order valence-electron chi connectivity index (χ4n) is 5.27. The van der Waals surface area contributed by atoms with Gasteiger partial charge >= 0.3 is 0 Å². The number of nitrogens with zero attached hydrogens (tertiary/aromatic N) is 3. The van der Waals surface area contributed by atoms with Gasteiger partial charge in [0.05, 0.1) is 24.9 Å². The maximum Gasteiger partial charge on any atom is 0.228 e. The van der Waals surface area contributed by atoms with Gasteiger partial charge in [-0.3, -0.25) is 4.79 Å². The fraction of sp³-hybridized carbons (Fsp3) is 0.429. The normalized spacial score (nSPS) is 14.8. The van der Waals surface area contributed by atoms with Crippen LogP contribution >= 0.6 is 0 Å². The number of hydrogen-bond donors (Lipinski definition) is 2. The number of amides is 1. The van der Waals surface area contributed by atoms with Gasteiger partial charge in [-0.1, -0.05) is 19.9 Å². The van der Waals surface area contributed by atoms with Gasteiger partial charge in [0.2, 0.25) is 5.91 Å². The summed E-state index contributed by atoms with van der Waals surface area (Å²) in [6.45, 7) is 6.68. The van der Waals surface area contributed by atoms with Crippen molar-refractivity contribution in [3.05, 3.63) is 53.5 Å². The third-order valence-electron chi connectivity index (χ3n) is 7.16. The molecule has 1 saturated heterocycles. The average Bonchev–Trinajstić information content (AvgIpc) is 3.44. The van der Waals surface area contributed by atoms with Crippen LogP contribution in [0.25, 0.3) is 27.8 Å². The first-order chi connectivity index (χ1) is 16.9. The predicted molar refractivity (Wildman–Crippen MR) is 140 cm³/mol. The van der Waals surface area contributed by atoms with E-state index in [1.54, 1.807) is 26.1 Å². The van der Waals surface area contributed by atoms with Gasteiger partial charge in [0.15, 0.2) is 11.4 Å². The van der Waals surface area contributed by atoms with Crippen LogP contribution in [0, 0.1) is 0 Å². The molecule has 0 saturated carbocycles. The summed E-state index contributed by atoms with van der Waals surface area (Å²) in [5.41, 5.74) is 7.51. The molecule has 4 aromatic rings. The van der Waals surface area contributed by atoms with Crippen LogP contribution in [0.3, 0.4) is 0 Å². The van der Waals surface area contributed by atoms with E-state index >= 15 is 0 Å². The Bertz CT molecular complexity index is 1380. The number of methoxy groups -OCH3 is 1. The first-order valence-corrected chi connectivity index (χ1v) is 12.5. The summed E-state index contributed by atoms with van der Waals surface area (Å²) in [7, 11) is 5.19. The molecule has 1 aliphatic rings. The van der Waals surface area contributed by atoms with Crippen LogP contribution in [0.5, 0.6) is 5.75 Å². The van der Waals surface area contributed by atoms with E-state index in [2.05, 4.69) is 53.5 Å². The van der Waals surface area contributed by atoms with E-state index in [9.17, 15) is 4.79 Å². The first-order valence-electron chi connectivity index (χ1n) is 12.5. The van der Waals surface area contributed by atoms with Gasteiger partial charge in [-0.2, -0.15) is 0 Å². The topological polar surface area (TPSA) is 74.7 Å². The standard InChI is InChI=1S/C28H35N5O2/c1-17(2)26-22-12-19(18-8-10-29-11-9-18)6-7-23(22)31-27(26)20-13-24(35-5)28-30-21(16-33(28)15-20)14-25(34)32(3)4/h6-7,12-13,15-18,29,31H,8-11,14H2,1-5H3. The highest BCUT2D eigenvalue weighted by atomic mass is 16.5. The lowest BCUT2D eigenvalue weighted by Gasteiger charge is -2.23. The summed E-state index contributed by atoms with van der Waals surface area (Å²) in [6, 6.07) is 8.97. The summed E-state index contributed by atoms with van der Waals surface area (Å²) in [6.07, 6.45) is 6.64. The number of hydrogen-bond acceptors (Lipinski definition) is 4. The molecule has 0 aliphatic carbocycles. The van der Waals surface area contributed by atoms with E-state index in [1.165, 1.54) is 29.4 Å². The lowest BCUT2D eigenvalue weighted by Crippen LogP contribution is -2.26. The van der Waals surface area contributed by atoms with E-state index in [0.717, 1.165) is 35.6 Å². The van der Waals surface area contributed by atoms with Crippen LogP contribution in [-0.4, -0.2) is 59.5 Å². The molecule has 1 aromatic carbocycles. The molecule has 184 valence electrons. The molecule has 0 radical (unpaired) electrons. The lowest BCUT2D eigenvalue weighted by molar-refractivity contribution is -0.128. The molecule has 7 heteroatoms. The average molecular weight is 474 g/mol. The molecule has 1 aliphatic heterocycles. The number of pyridine rings is 1. The largest absolute Gasteiger partial charge is 0.493 e. The number of imidazole rings is 1. The Hall–Kier alpha value is -3.32. The zero-order valence-corrected chi connectivity index (χ0v) is 21.3. The highest BCUT2D eigenvalue weighted by Gasteiger charge is 2.21. The van der Waals surface area contributed by atoms with Crippen molar-refractivity contribution in [1.29, 1.82) is 0 Å². The van der Waals surface area contributed by atoms with Gasteiger partial charge in [-0.25, -0.2) is 4.98 Å². The number of nitrogens with one attached hydrogen (secondary N) is 2. The van der Waals surface area contributed by atoms with Crippen molar-refractivity contribution in [3.63, 3.8) is 0 Å². The number of aromatic amines is 1. The minimum atomic E-state index is 0.0230. The molecule has 0 unspecified atom stereocenters. The lowest BCUT2D eigenvalue weighted by atomic mass is 9.88. The van der Waals surface area contributed by atoms with Crippen molar-refractivity contribution in [3.8, 4) is 17.0 Å². The second-order valence-corrected chi connectivity index (χ2v) is 10.1. The Morgan fingerprint density at radius 2 is 1.97 bits per heavy atom. The van der Waals surface area contributed by atoms with Crippen molar-refractivity contribution in [2.24, 2.45) is 0 Å². The number of piperidine rings is 1. The molecule has 3 aromatic heterocycles. The number of ether oxygens (including phenoxy) is 1. The van der Waals surface area contributed by atoms with Crippen LogP contribution < -0.4 is 10.1 Å². The van der Waals surface area contributed by atoms with Crippen LogP contribution in [0.4, 0.5) is 0 Å². The predicted octanol–water partition coefficient (Wildman–Crippen LogP) is 4.71. The van der Waals surface area contributed by atoms with Gasteiger partial charge in [0.1, 0.15) is 0 Å². The molecule has 4 heterocycles. The Morgan fingerprint density at radius 1 is 1.20 bits per heavy atom. The molecular weight excluding hydrogens is 438 g/mol. The first kappa shape index (κ1) is 23.4. The molecule has 1 fully saturated rings. The molecule has 1 amide bonds. The minimum Gasteiger partial charge on any atom is -0.493 e. The second-order valence-electron chi connectivity index (χ2n) is 10.1. The highest BCUT2D eigenvalue weighted by molar-refractivity contribution is 5.92. The monoisotopic (exact) mass is 473 g/mol. The van der Waals surface area contributed by atoms with E-state index < -0.39 is 0 Å². The molecule has 0 bridgehead atoms. The molecule has 35 heavy (non-hydrogen) atoms. The minimum absolute atomic E-state index is 0.0230. The van der Waals surface area contributed by atoms with Gasteiger partial charge in [-0.15, -0.1) is 0 Å². The van der Waals surface area contributed by atoms with Gasteiger partial charge in [0.25, 0.3) is 0 Å². The maximum atomic E-state index is 12.2. The summed E-state index contributed by atoms with van der Waals surface area (Å²) < 4.78 is 7.70. The summed E-state index contributed by atoms with van der Waals surface area (Å²) >= 11 is 0.